The van der Waals surface area contributed by atoms with Crippen molar-refractivity contribution in [3.05, 3.63) is 81.5 Å². The molecule has 0 radical (unpaired) electrons. The molecule has 2 aromatic carbocycles. The number of anilines is 1. The molecule has 33 heavy (non-hydrogen) atoms. The van der Waals surface area contributed by atoms with Gasteiger partial charge in [-0.15, -0.1) is 5.10 Å². The fraction of sp³-hybridized carbons (Fsp3) is 0.143. The summed E-state index contributed by atoms with van der Waals surface area (Å²) in [5.74, 6) is -0.725. The van der Waals surface area contributed by atoms with Crippen molar-refractivity contribution in [3.8, 4) is 0 Å². The van der Waals surface area contributed by atoms with Crippen LogP contribution in [0.3, 0.4) is 0 Å². The molecule has 0 saturated heterocycles. The molecular formula is C21H15ClF3N5O2S. The molecule has 1 N–H and O–H groups in total. The van der Waals surface area contributed by atoms with E-state index in [-0.39, 0.29) is 11.3 Å². The Bertz CT molecular complexity index is 1420. The number of fused-ring (bicyclic) bond motifs is 1. The van der Waals surface area contributed by atoms with Crippen molar-refractivity contribution in [2.45, 2.75) is 29.6 Å². The third-order valence-corrected chi connectivity index (χ3v) is 5.82. The molecule has 0 fully saturated rings. The summed E-state index contributed by atoms with van der Waals surface area (Å²) in [6, 6.07) is 10.7. The number of hydrogen-bond acceptors (Lipinski definition) is 5. The lowest BCUT2D eigenvalue weighted by Crippen LogP contribution is -2.28. The fourth-order valence-corrected chi connectivity index (χ4v) is 4.23. The van der Waals surface area contributed by atoms with E-state index < -0.39 is 34.9 Å². The lowest BCUT2D eigenvalue weighted by molar-refractivity contribution is -0.137. The van der Waals surface area contributed by atoms with E-state index in [0.717, 1.165) is 27.3 Å². The van der Waals surface area contributed by atoms with Gasteiger partial charge in [-0.1, -0.05) is 41.1 Å². The number of halogens is 4. The highest BCUT2D eigenvalue weighted by Crippen LogP contribution is 2.36. The van der Waals surface area contributed by atoms with Crippen LogP contribution in [-0.2, 0) is 17.5 Å². The van der Waals surface area contributed by atoms with Gasteiger partial charge in [-0.25, -0.2) is 18.9 Å². The second-order valence-corrected chi connectivity index (χ2v) is 8.49. The lowest BCUT2D eigenvalue weighted by atomic mass is 10.2. The van der Waals surface area contributed by atoms with Gasteiger partial charge in [-0.05, 0) is 37.3 Å². The van der Waals surface area contributed by atoms with E-state index in [0.29, 0.717) is 5.03 Å². The molecule has 2 heterocycles. The number of benzene rings is 2. The summed E-state index contributed by atoms with van der Waals surface area (Å²) in [6.45, 7) is 1.45. The van der Waals surface area contributed by atoms with Crippen molar-refractivity contribution >= 4 is 40.6 Å². The molecule has 0 atom stereocenters. The van der Waals surface area contributed by atoms with Gasteiger partial charge in [0.2, 0.25) is 5.91 Å². The average molecular weight is 494 g/mol. The van der Waals surface area contributed by atoms with Gasteiger partial charge in [-0.3, -0.25) is 4.79 Å². The Morgan fingerprint density at radius 2 is 2.00 bits per heavy atom. The molecule has 1 amide bonds. The molecule has 4 rings (SSSR count). The van der Waals surface area contributed by atoms with E-state index in [1.54, 1.807) is 0 Å². The highest BCUT2D eigenvalue weighted by atomic mass is 35.5. The standard InChI is InChI=1S/C21H15ClF3N5O2S/c1-12-3-2-4-14(9-12)33-19-18-28-30(20(32)29(18)8-7-26-19)11-17(31)27-13-5-6-16(22)15(10-13)21(23,24)25/h2-10H,11H2,1H3,(H,27,31). The first-order valence-electron chi connectivity index (χ1n) is 9.47. The average Bonchev–Trinajstić information content (AvgIpc) is 3.05. The fourth-order valence-electron chi connectivity index (χ4n) is 3.05. The van der Waals surface area contributed by atoms with Crippen LogP contribution in [0.15, 0.2) is 69.6 Å². The third-order valence-electron chi connectivity index (χ3n) is 4.52. The second-order valence-electron chi connectivity index (χ2n) is 7.03. The topological polar surface area (TPSA) is 81.3 Å². The minimum atomic E-state index is -4.67. The number of nitrogens with one attached hydrogen (secondary N) is 1. The number of carbonyl (C=O) groups excluding carboxylic acids is 1. The molecule has 7 nitrogen and oxygen atoms in total. The lowest BCUT2D eigenvalue weighted by Gasteiger charge is -2.11. The molecule has 0 aliphatic carbocycles. The zero-order valence-electron chi connectivity index (χ0n) is 16.9. The Hall–Kier alpha value is -3.31. The predicted octanol–water partition coefficient (Wildman–Crippen LogP) is 4.66. The molecule has 0 bridgehead atoms. The molecule has 0 spiro atoms. The predicted molar refractivity (Wildman–Crippen MR) is 118 cm³/mol. The van der Waals surface area contributed by atoms with Gasteiger partial charge in [0.15, 0.2) is 5.65 Å². The van der Waals surface area contributed by atoms with Gasteiger partial charge in [-0.2, -0.15) is 13.2 Å². The van der Waals surface area contributed by atoms with Crippen LogP contribution in [0.1, 0.15) is 11.1 Å². The first-order chi connectivity index (χ1) is 15.6. The van der Waals surface area contributed by atoms with Crippen LogP contribution in [-0.4, -0.2) is 25.1 Å². The van der Waals surface area contributed by atoms with Gasteiger partial charge in [0.1, 0.15) is 11.6 Å². The molecule has 0 aliphatic rings. The van der Waals surface area contributed by atoms with Crippen molar-refractivity contribution in [1.29, 1.82) is 0 Å². The van der Waals surface area contributed by atoms with Crippen LogP contribution in [0.25, 0.3) is 5.65 Å². The number of amides is 1. The van der Waals surface area contributed by atoms with Crippen molar-refractivity contribution in [2.24, 2.45) is 0 Å². The minimum Gasteiger partial charge on any atom is -0.324 e. The Balaban J connectivity index is 1.58. The van der Waals surface area contributed by atoms with Gasteiger partial charge in [0.25, 0.3) is 0 Å². The number of rotatable bonds is 5. The second kappa shape index (κ2) is 8.91. The summed E-state index contributed by atoms with van der Waals surface area (Å²) in [6.07, 6.45) is -1.80. The van der Waals surface area contributed by atoms with Crippen LogP contribution in [0.2, 0.25) is 5.02 Å². The van der Waals surface area contributed by atoms with Crippen LogP contribution < -0.4 is 11.0 Å². The highest BCUT2D eigenvalue weighted by Gasteiger charge is 2.33. The maximum absolute atomic E-state index is 13.0. The van der Waals surface area contributed by atoms with Crippen LogP contribution in [0, 0.1) is 6.92 Å². The van der Waals surface area contributed by atoms with E-state index in [2.05, 4.69) is 15.4 Å². The molecule has 170 valence electrons. The van der Waals surface area contributed by atoms with E-state index in [1.807, 2.05) is 31.2 Å². The van der Waals surface area contributed by atoms with Gasteiger partial charge < -0.3 is 5.32 Å². The monoisotopic (exact) mass is 493 g/mol. The number of aryl methyl sites for hydroxylation is 1. The van der Waals surface area contributed by atoms with Crippen molar-refractivity contribution in [3.63, 3.8) is 0 Å². The van der Waals surface area contributed by atoms with E-state index >= 15 is 0 Å². The Labute approximate surface area is 194 Å². The quantitative estimate of drug-likeness (QED) is 0.437. The summed E-state index contributed by atoms with van der Waals surface area (Å²) in [7, 11) is 0. The Kier molecular flexibility index (Phi) is 6.17. The normalized spacial score (nSPS) is 11.7. The van der Waals surface area contributed by atoms with Crippen molar-refractivity contribution in [1.82, 2.24) is 19.2 Å². The zero-order chi connectivity index (χ0) is 23.8. The molecular weight excluding hydrogens is 479 g/mol. The zero-order valence-corrected chi connectivity index (χ0v) is 18.5. The Morgan fingerprint density at radius 1 is 1.21 bits per heavy atom. The number of aromatic nitrogens is 4. The summed E-state index contributed by atoms with van der Waals surface area (Å²) in [5, 5.41) is 6.52. The van der Waals surface area contributed by atoms with Crippen LogP contribution in [0.4, 0.5) is 18.9 Å². The first-order valence-corrected chi connectivity index (χ1v) is 10.7. The molecule has 4 aromatic rings. The minimum absolute atomic E-state index is 0.106. The summed E-state index contributed by atoms with van der Waals surface area (Å²) >= 11 is 6.91. The van der Waals surface area contributed by atoms with Crippen LogP contribution in [0.5, 0.6) is 0 Å². The van der Waals surface area contributed by atoms with Gasteiger partial charge >= 0.3 is 11.9 Å². The van der Waals surface area contributed by atoms with Crippen molar-refractivity contribution in [2.75, 3.05) is 5.32 Å². The van der Waals surface area contributed by atoms with Gasteiger partial charge in [0, 0.05) is 23.0 Å². The number of alkyl halides is 3. The maximum Gasteiger partial charge on any atom is 0.417 e. The summed E-state index contributed by atoms with van der Waals surface area (Å²) in [4.78, 5) is 30.3. The number of hydrogen-bond donors (Lipinski definition) is 1. The first kappa shape index (κ1) is 22.9. The molecule has 12 heteroatoms. The third kappa shape index (κ3) is 5.04. The number of nitrogens with zero attached hydrogens (tertiary/aromatic N) is 4. The molecule has 0 saturated carbocycles. The summed E-state index contributed by atoms with van der Waals surface area (Å²) in [5.41, 5.74) is -0.447. The van der Waals surface area contributed by atoms with E-state index in [1.165, 1.54) is 34.6 Å². The van der Waals surface area contributed by atoms with Crippen LogP contribution >= 0.6 is 23.4 Å². The van der Waals surface area contributed by atoms with E-state index in [9.17, 15) is 22.8 Å². The highest BCUT2D eigenvalue weighted by molar-refractivity contribution is 7.99. The molecule has 0 aliphatic heterocycles. The summed E-state index contributed by atoms with van der Waals surface area (Å²) < 4.78 is 41.3. The molecule has 2 aromatic heterocycles. The maximum atomic E-state index is 13.0. The Morgan fingerprint density at radius 3 is 2.73 bits per heavy atom. The smallest absolute Gasteiger partial charge is 0.324 e. The largest absolute Gasteiger partial charge is 0.417 e. The van der Waals surface area contributed by atoms with Crippen molar-refractivity contribution < 1.29 is 18.0 Å². The SMILES string of the molecule is Cc1cccc(Sc2nccn3c(=O)n(CC(=O)Nc4ccc(Cl)c(C(F)(F)F)c4)nc23)c1. The van der Waals surface area contributed by atoms with E-state index in [4.69, 9.17) is 11.6 Å². The van der Waals surface area contributed by atoms with Gasteiger partial charge in [0.05, 0.1) is 10.6 Å². The number of carbonyl (C=O) groups is 1. The molecule has 0 unspecified atom stereocenters.